The van der Waals surface area contributed by atoms with E-state index in [1.165, 1.54) is 0 Å². The first-order valence-corrected chi connectivity index (χ1v) is 5.90. The minimum Gasteiger partial charge on any atom is -0.350 e. The molecule has 0 saturated heterocycles. The van der Waals surface area contributed by atoms with Crippen LogP contribution in [0.4, 0.5) is 0 Å². The molecule has 0 radical (unpaired) electrons. The fourth-order valence-electron chi connectivity index (χ4n) is 0.923. The maximum Gasteiger partial charge on any atom is 0.220 e. The number of amides is 1. The Balaban J connectivity index is 3.87. The third-order valence-electron chi connectivity index (χ3n) is 2.04. The highest BCUT2D eigenvalue weighted by molar-refractivity contribution is 9.09. The smallest absolute Gasteiger partial charge is 0.220 e. The average Bonchev–Trinajstić information content (AvgIpc) is 2.03. The summed E-state index contributed by atoms with van der Waals surface area (Å²) < 4.78 is 0. The Morgan fingerprint density at radius 2 is 2.08 bits per heavy atom. The molecule has 0 aliphatic rings. The zero-order valence-corrected chi connectivity index (χ0v) is 10.6. The first kappa shape index (κ1) is 12.9. The molecule has 1 atom stereocenters. The molecule has 13 heavy (non-hydrogen) atoms. The second-order valence-electron chi connectivity index (χ2n) is 4.28. The Kier molecular flexibility index (Phi) is 5.61. The molecule has 1 N–H and O–H groups in total. The normalized spacial score (nSPS) is 13.9. The summed E-state index contributed by atoms with van der Waals surface area (Å²) >= 11 is 3.37. The van der Waals surface area contributed by atoms with E-state index in [0.29, 0.717) is 12.3 Å². The number of nitrogens with one attached hydrogen (secondary N) is 1. The number of carbonyl (C=O) groups excluding carboxylic acids is 1. The number of rotatable bonds is 5. The molecule has 0 spiro atoms. The standard InChI is InChI=1S/C10H20BrNO/c1-5-8(2)6-9(13)12-10(3,4)7-11/h8H,5-7H2,1-4H3,(H,12,13). The van der Waals surface area contributed by atoms with Crippen molar-refractivity contribution in [1.82, 2.24) is 5.32 Å². The third kappa shape index (κ3) is 6.08. The molecule has 0 saturated carbocycles. The van der Waals surface area contributed by atoms with E-state index in [1.54, 1.807) is 0 Å². The van der Waals surface area contributed by atoms with Crippen molar-refractivity contribution in [2.24, 2.45) is 5.92 Å². The summed E-state index contributed by atoms with van der Waals surface area (Å²) in [5, 5.41) is 3.77. The molecule has 0 aliphatic carbocycles. The summed E-state index contributed by atoms with van der Waals surface area (Å²) in [4.78, 5) is 11.5. The first-order chi connectivity index (χ1) is 5.91. The van der Waals surface area contributed by atoms with E-state index in [4.69, 9.17) is 0 Å². The fourth-order valence-corrected chi connectivity index (χ4v) is 1.06. The molecule has 0 aromatic heterocycles. The lowest BCUT2D eigenvalue weighted by Gasteiger charge is -2.24. The highest BCUT2D eigenvalue weighted by Gasteiger charge is 2.19. The van der Waals surface area contributed by atoms with Crippen LogP contribution in [0.3, 0.4) is 0 Å². The van der Waals surface area contributed by atoms with Crippen molar-refractivity contribution in [3.05, 3.63) is 0 Å². The number of carbonyl (C=O) groups is 1. The van der Waals surface area contributed by atoms with E-state index >= 15 is 0 Å². The van der Waals surface area contributed by atoms with Gasteiger partial charge in [-0.05, 0) is 19.8 Å². The van der Waals surface area contributed by atoms with Gasteiger partial charge in [-0.15, -0.1) is 0 Å². The van der Waals surface area contributed by atoms with Gasteiger partial charge < -0.3 is 5.32 Å². The summed E-state index contributed by atoms with van der Waals surface area (Å²) in [5.74, 6) is 0.630. The van der Waals surface area contributed by atoms with Crippen LogP contribution in [0.2, 0.25) is 0 Å². The van der Waals surface area contributed by atoms with Crippen molar-refractivity contribution in [2.75, 3.05) is 5.33 Å². The van der Waals surface area contributed by atoms with Crippen molar-refractivity contribution >= 4 is 21.8 Å². The third-order valence-corrected chi connectivity index (χ3v) is 3.44. The lowest BCUT2D eigenvalue weighted by Crippen LogP contribution is -2.45. The molecule has 0 bridgehead atoms. The van der Waals surface area contributed by atoms with Crippen LogP contribution in [0.15, 0.2) is 0 Å². The van der Waals surface area contributed by atoms with Gasteiger partial charge in [0, 0.05) is 17.3 Å². The Hall–Kier alpha value is -0.0500. The first-order valence-electron chi connectivity index (χ1n) is 4.78. The van der Waals surface area contributed by atoms with E-state index < -0.39 is 0 Å². The fraction of sp³-hybridized carbons (Fsp3) is 0.900. The molecule has 1 amide bonds. The molecule has 1 unspecified atom stereocenters. The molecule has 0 aliphatic heterocycles. The molecule has 0 fully saturated rings. The SMILES string of the molecule is CCC(C)CC(=O)NC(C)(C)CBr. The largest absolute Gasteiger partial charge is 0.350 e. The van der Waals surface area contributed by atoms with Gasteiger partial charge in [0.1, 0.15) is 0 Å². The maximum atomic E-state index is 11.5. The summed E-state index contributed by atoms with van der Waals surface area (Å²) in [6, 6.07) is 0. The Bertz CT molecular complexity index is 168. The summed E-state index contributed by atoms with van der Waals surface area (Å²) in [7, 11) is 0. The Morgan fingerprint density at radius 3 is 2.46 bits per heavy atom. The topological polar surface area (TPSA) is 29.1 Å². The molecular weight excluding hydrogens is 230 g/mol. The summed E-state index contributed by atoms with van der Waals surface area (Å²) in [5.41, 5.74) is -0.134. The number of hydrogen-bond acceptors (Lipinski definition) is 1. The lowest BCUT2D eigenvalue weighted by molar-refractivity contribution is -0.123. The predicted octanol–water partition coefficient (Wildman–Crippen LogP) is 2.71. The van der Waals surface area contributed by atoms with Crippen LogP contribution >= 0.6 is 15.9 Å². The lowest BCUT2D eigenvalue weighted by atomic mass is 10.0. The van der Waals surface area contributed by atoms with Gasteiger partial charge in [-0.2, -0.15) is 0 Å². The molecule has 0 heterocycles. The quantitative estimate of drug-likeness (QED) is 0.747. The summed E-state index contributed by atoms with van der Waals surface area (Å²) in [6.45, 7) is 8.22. The number of hydrogen-bond donors (Lipinski definition) is 1. The molecule has 0 aromatic carbocycles. The van der Waals surface area contributed by atoms with Crippen LogP contribution in [-0.2, 0) is 4.79 Å². The van der Waals surface area contributed by atoms with E-state index in [0.717, 1.165) is 11.8 Å². The highest BCUT2D eigenvalue weighted by Crippen LogP contribution is 2.10. The number of alkyl halides is 1. The van der Waals surface area contributed by atoms with Crippen LogP contribution in [0.1, 0.15) is 40.5 Å². The van der Waals surface area contributed by atoms with Gasteiger partial charge in [0.2, 0.25) is 5.91 Å². The molecule has 78 valence electrons. The molecule has 0 rings (SSSR count). The van der Waals surface area contributed by atoms with Gasteiger partial charge in [0.15, 0.2) is 0 Å². The van der Waals surface area contributed by atoms with Crippen molar-refractivity contribution in [1.29, 1.82) is 0 Å². The van der Waals surface area contributed by atoms with E-state index in [2.05, 4.69) is 35.1 Å². The second kappa shape index (κ2) is 5.63. The van der Waals surface area contributed by atoms with Crippen LogP contribution < -0.4 is 5.32 Å². The van der Waals surface area contributed by atoms with Crippen LogP contribution in [0.25, 0.3) is 0 Å². The molecule has 2 nitrogen and oxygen atoms in total. The Labute approximate surface area is 89.6 Å². The molecular formula is C10H20BrNO. The minimum atomic E-state index is -0.134. The van der Waals surface area contributed by atoms with E-state index in [9.17, 15) is 4.79 Å². The maximum absolute atomic E-state index is 11.5. The molecule has 3 heteroatoms. The van der Waals surface area contributed by atoms with Crippen molar-refractivity contribution in [3.63, 3.8) is 0 Å². The highest BCUT2D eigenvalue weighted by atomic mass is 79.9. The van der Waals surface area contributed by atoms with Crippen LogP contribution in [0.5, 0.6) is 0 Å². The monoisotopic (exact) mass is 249 g/mol. The van der Waals surface area contributed by atoms with Gasteiger partial charge in [-0.3, -0.25) is 4.79 Å². The number of halogens is 1. The van der Waals surface area contributed by atoms with Gasteiger partial charge >= 0.3 is 0 Å². The van der Waals surface area contributed by atoms with Gasteiger partial charge in [-0.1, -0.05) is 36.2 Å². The molecule has 0 aromatic rings. The van der Waals surface area contributed by atoms with Crippen molar-refractivity contribution in [3.8, 4) is 0 Å². The average molecular weight is 250 g/mol. The van der Waals surface area contributed by atoms with E-state index in [1.807, 2.05) is 13.8 Å². The minimum absolute atomic E-state index is 0.134. The van der Waals surface area contributed by atoms with Crippen molar-refractivity contribution < 1.29 is 4.79 Å². The van der Waals surface area contributed by atoms with Crippen LogP contribution in [-0.4, -0.2) is 16.8 Å². The van der Waals surface area contributed by atoms with Gasteiger partial charge in [-0.25, -0.2) is 0 Å². The zero-order chi connectivity index (χ0) is 10.5. The van der Waals surface area contributed by atoms with Gasteiger partial charge in [0.05, 0.1) is 0 Å². The zero-order valence-electron chi connectivity index (χ0n) is 8.98. The second-order valence-corrected chi connectivity index (χ2v) is 4.84. The predicted molar refractivity (Wildman–Crippen MR) is 60.1 cm³/mol. The Morgan fingerprint density at radius 1 is 1.54 bits per heavy atom. The van der Waals surface area contributed by atoms with Crippen molar-refractivity contribution in [2.45, 2.75) is 46.1 Å². The summed E-state index contributed by atoms with van der Waals surface area (Å²) in [6.07, 6.45) is 1.69. The van der Waals surface area contributed by atoms with Crippen LogP contribution in [0, 0.1) is 5.92 Å². The van der Waals surface area contributed by atoms with Gasteiger partial charge in [0.25, 0.3) is 0 Å². The van der Waals surface area contributed by atoms with E-state index in [-0.39, 0.29) is 11.4 Å².